The van der Waals surface area contributed by atoms with Crippen LogP contribution in [-0.2, 0) is 10.1 Å². The van der Waals surface area contributed by atoms with Gasteiger partial charge in [0, 0.05) is 5.25 Å². The van der Waals surface area contributed by atoms with E-state index in [-0.39, 0.29) is 35.7 Å². The van der Waals surface area contributed by atoms with Gasteiger partial charge in [-0.05, 0) is 25.7 Å². The maximum absolute atomic E-state index is 11.0. The Balaban J connectivity index is 0. The van der Waals surface area contributed by atoms with Gasteiger partial charge in [0.25, 0.3) is 0 Å². The Morgan fingerprint density at radius 2 is 0.967 bits per heavy atom. The summed E-state index contributed by atoms with van der Waals surface area (Å²) in [5, 5.41) is 9.35. The van der Waals surface area contributed by atoms with Crippen molar-refractivity contribution >= 4 is 10.1 Å². The largest absolute Gasteiger partial charge is 1.00 e. The van der Waals surface area contributed by atoms with Crippen LogP contribution in [-0.4, -0.2) is 29.4 Å². The molecule has 0 aromatic heterocycles. The maximum atomic E-state index is 11.0. The van der Waals surface area contributed by atoms with Crippen LogP contribution in [0.2, 0.25) is 0 Å². The van der Waals surface area contributed by atoms with Crippen LogP contribution in [0.15, 0.2) is 0 Å². The molecule has 0 aliphatic carbocycles. The monoisotopic (exact) mass is 456 g/mol. The van der Waals surface area contributed by atoms with Crippen molar-refractivity contribution in [3.05, 3.63) is 0 Å². The summed E-state index contributed by atoms with van der Waals surface area (Å²) in [6, 6.07) is 0. The number of hydrogen-bond acceptors (Lipinski definition) is 4. The van der Waals surface area contributed by atoms with Gasteiger partial charge in [0.1, 0.15) is 0 Å². The summed E-state index contributed by atoms with van der Waals surface area (Å²) in [5.41, 5.74) is 0. The number of unbranched alkanes of at least 4 members (excludes halogenated alkanes) is 14. The molecule has 0 saturated carbocycles. The van der Waals surface area contributed by atoms with Crippen molar-refractivity contribution in [2.75, 3.05) is 0 Å². The second-order valence-corrected chi connectivity index (χ2v) is 10.5. The van der Waals surface area contributed by atoms with E-state index in [4.69, 9.17) is 0 Å². The van der Waals surface area contributed by atoms with Gasteiger partial charge in [-0.25, -0.2) is 8.42 Å². The minimum atomic E-state index is -4.11. The Labute approximate surface area is 210 Å². The van der Waals surface area contributed by atoms with Crippen LogP contribution in [0, 0.1) is 0 Å². The van der Waals surface area contributed by atoms with Crippen LogP contribution in [0.5, 0.6) is 0 Å². The Morgan fingerprint density at radius 3 is 1.30 bits per heavy atom. The van der Waals surface area contributed by atoms with Gasteiger partial charge in [0.2, 0.25) is 0 Å². The van der Waals surface area contributed by atoms with E-state index in [9.17, 15) is 18.1 Å². The molecule has 0 heterocycles. The van der Waals surface area contributed by atoms with E-state index in [1.54, 1.807) is 6.92 Å². The molecule has 0 aliphatic rings. The van der Waals surface area contributed by atoms with E-state index >= 15 is 0 Å². The number of aliphatic hydroxyl groups excluding tert-OH is 1. The van der Waals surface area contributed by atoms with Gasteiger partial charge < -0.3 is 9.66 Å². The molecule has 6 heteroatoms. The topological polar surface area (TPSA) is 77.4 Å². The third-order valence-electron chi connectivity index (χ3n) is 6.07. The maximum Gasteiger partial charge on any atom is 1.00 e. The van der Waals surface area contributed by atoms with Gasteiger partial charge in [0.15, 0.2) is 0 Å². The molecule has 0 amide bonds. The molecule has 0 bridgehead atoms. The van der Waals surface area contributed by atoms with E-state index in [0.717, 1.165) is 38.5 Å². The Bertz CT molecular complexity index is 442. The van der Waals surface area contributed by atoms with Crippen molar-refractivity contribution < 1.29 is 47.6 Å². The second kappa shape index (κ2) is 23.0. The SMILES string of the molecule is CCCCCCCCC(O)CCCCCCCCCCCCC(CC)S(=O)(=O)[O-].[Na+]. The summed E-state index contributed by atoms with van der Waals surface area (Å²) in [6.07, 6.45) is 22.2. The zero-order chi connectivity index (χ0) is 21.8. The van der Waals surface area contributed by atoms with Crippen LogP contribution in [0.3, 0.4) is 0 Å². The zero-order valence-electron chi connectivity index (χ0n) is 20.4. The number of hydrogen-bond donors (Lipinski definition) is 1. The molecular weight excluding hydrogens is 407 g/mol. The minimum absolute atomic E-state index is 0. The molecule has 0 rings (SSSR count). The third-order valence-corrected chi connectivity index (χ3v) is 7.45. The van der Waals surface area contributed by atoms with Crippen LogP contribution in [0.4, 0.5) is 0 Å². The molecule has 30 heavy (non-hydrogen) atoms. The molecule has 0 aromatic carbocycles. The fourth-order valence-corrected chi connectivity index (χ4v) is 4.89. The minimum Gasteiger partial charge on any atom is -0.748 e. The Morgan fingerprint density at radius 1 is 0.633 bits per heavy atom. The van der Waals surface area contributed by atoms with Gasteiger partial charge in [-0.2, -0.15) is 0 Å². The summed E-state index contributed by atoms with van der Waals surface area (Å²) >= 11 is 0. The molecule has 0 radical (unpaired) electrons. The molecule has 0 fully saturated rings. The molecular formula is C24H49NaO4S. The van der Waals surface area contributed by atoms with Gasteiger partial charge in [-0.3, -0.25) is 0 Å². The van der Waals surface area contributed by atoms with E-state index in [1.807, 2.05) is 0 Å². The molecule has 0 aromatic rings. The van der Waals surface area contributed by atoms with Crippen LogP contribution in [0.25, 0.3) is 0 Å². The van der Waals surface area contributed by atoms with Gasteiger partial charge in [-0.15, -0.1) is 0 Å². The number of aliphatic hydroxyl groups is 1. The summed E-state index contributed by atoms with van der Waals surface area (Å²) in [5.74, 6) is 0. The van der Waals surface area contributed by atoms with Crippen LogP contribution >= 0.6 is 0 Å². The second-order valence-electron chi connectivity index (χ2n) is 8.85. The van der Waals surface area contributed by atoms with E-state index in [1.165, 1.54) is 77.0 Å². The molecule has 2 atom stereocenters. The molecule has 4 nitrogen and oxygen atoms in total. The first-order chi connectivity index (χ1) is 13.9. The van der Waals surface area contributed by atoms with Crippen molar-refractivity contribution in [3.8, 4) is 0 Å². The standard InChI is InChI=1S/C24H50O4S.Na/c1-3-5-6-7-14-17-20-23(25)21-18-15-12-10-8-9-11-13-16-19-22-24(4-2)29(26,27)28;/h23-25H,3-22H2,1-2H3,(H,26,27,28);/q;+1/p-1. The van der Waals surface area contributed by atoms with E-state index < -0.39 is 15.4 Å². The predicted molar refractivity (Wildman–Crippen MR) is 123 cm³/mol. The first-order valence-corrected chi connectivity index (χ1v) is 14.0. The Kier molecular flexibility index (Phi) is 25.4. The fraction of sp³-hybridized carbons (Fsp3) is 1.00. The van der Waals surface area contributed by atoms with Gasteiger partial charge in [0.05, 0.1) is 16.2 Å². The van der Waals surface area contributed by atoms with Crippen LogP contribution < -0.4 is 29.6 Å². The molecule has 2 unspecified atom stereocenters. The summed E-state index contributed by atoms with van der Waals surface area (Å²) in [6.45, 7) is 4.01. The molecule has 0 saturated heterocycles. The molecule has 176 valence electrons. The fourth-order valence-electron chi connectivity index (χ4n) is 4.02. The average Bonchev–Trinajstić information content (AvgIpc) is 2.67. The number of rotatable bonds is 22. The first-order valence-electron chi connectivity index (χ1n) is 12.5. The summed E-state index contributed by atoms with van der Waals surface area (Å²) < 4.78 is 33.1. The van der Waals surface area contributed by atoms with Crippen LogP contribution in [0.1, 0.15) is 142 Å². The van der Waals surface area contributed by atoms with Crippen molar-refractivity contribution in [3.63, 3.8) is 0 Å². The Hall–Kier alpha value is 0.870. The normalized spacial score (nSPS) is 13.7. The first kappa shape index (κ1) is 33.0. The van der Waals surface area contributed by atoms with Crippen molar-refractivity contribution in [1.29, 1.82) is 0 Å². The average molecular weight is 457 g/mol. The van der Waals surface area contributed by atoms with Crippen molar-refractivity contribution in [2.45, 2.75) is 154 Å². The van der Waals surface area contributed by atoms with Crippen molar-refractivity contribution in [1.82, 2.24) is 0 Å². The quantitative estimate of drug-likeness (QED) is 0.151. The predicted octanol–water partition coefficient (Wildman–Crippen LogP) is 4.11. The molecule has 0 aliphatic heterocycles. The smallest absolute Gasteiger partial charge is 0.748 e. The summed E-state index contributed by atoms with van der Waals surface area (Å²) in [7, 11) is -4.11. The van der Waals surface area contributed by atoms with Gasteiger partial charge >= 0.3 is 29.6 Å². The third kappa shape index (κ3) is 22.1. The van der Waals surface area contributed by atoms with Gasteiger partial charge in [-0.1, -0.05) is 117 Å². The molecule has 1 N–H and O–H groups in total. The zero-order valence-corrected chi connectivity index (χ0v) is 23.2. The van der Waals surface area contributed by atoms with E-state index in [0.29, 0.717) is 12.8 Å². The van der Waals surface area contributed by atoms with E-state index in [2.05, 4.69) is 6.92 Å². The van der Waals surface area contributed by atoms with Crippen molar-refractivity contribution in [2.24, 2.45) is 0 Å². The molecule has 0 spiro atoms. The summed E-state index contributed by atoms with van der Waals surface area (Å²) in [4.78, 5) is 0.